The Labute approximate surface area is 281 Å². The summed E-state index contributed by atoms with van der Waals surface area (Å²) in [5.74, 6) is -1.63. The molecular weight excluding hydrogens is 618 g/mol. The Bertz CT molecular complexity index is 1480. The molecule has 1 fully saturated rings. The molecule has 10 heteroatoms. The number of hydrogen-bond acceptors (Lipinski definition) is 6. The van der Waals surface area contributed by atoms with Crippen molar-refractivity contribution in [1.29, 1.82) is 0 Å². The minimum atomic E-state index is -0.918. The van der Waals surface area contributed by atoms with Crippen molar-refractivity contribution >= 4 is 47.3 Å². The summed E-state index contributed by atoms with van der Waals surface area (Å²) < 4.78 is 4.95. The summed E-state index contributed by atoms with van der Waals surface area (Å²) in [4.78, 5) is 63.3. The first-order valence-electron chi connectivity index (χ1n) is 15.8. The third-order valence-electron chi connectivity index (χ3n) is 8.31. The van der Waals surface area contributed by atoms with Crippen molar-refractivity contribution in [3.05, 3.63) is 101 Å². The zero-order valence-corrected chi connectivity index (χ0v) is 27.8. The molecule has 0 aliphatic heterocycles. The standard InChI is InChI=1S/C37H44ClN3O6/c1-4-10-26(11-5-2)23-33(43)40-31(24-28-12-6-7-13-30(28)38)35(45)39-29-16-14-27(15-17-29)22-32(36(46)47-3)41-34(44)25-37(20-21-42)18-8-9-19-37/h4-7,10-17,21,31-32H,1,8-9,18-20,22-25H2,2-3H3,(H,39,45)(H,40,43)(H,41,44)/b11-5-,26-10+. The number of carbonyl (C=O) groups excluding carboxylic acids is 5. The highest BCUT2D eigenvalue weighted by Gasteiger charge is 2.36. The van der Waals surface area contributed by atoms with Gasteiger partial charge in [-0.2, -0.15) is 0 Å². The van der Waals surface area contributed by atoms with E-state index in [1.54, 1.807) is 54.6 Å². The van der Waals surface area contributed by atoms with Crippen molar-refractivity contribution in [2.45, 2.75) is 76.8 Å². The average molecular weight is 662 g/mol. The van der Waals surface area contributed by atoms with Crippen LogP contribution < -0.4 is 16.0 Å². The van der Waals surface area contributed by atoms with Crippen LogP contribution in [0.25, 0.3) is 0 Å². The Hall–Kier alpha value is -4.50. The molecule has 1 aliphatic rings. The lowest BCUT2D eigenvalue weighted by Gasteiger charge is -2.27. The highest BCUT2D eigenvalue weighted by molar-refractivity contribution is 6.31. The van der Waals surface area contributed by atoms with Gasteiger partial charge in [0.05, 0.1) is 13.5 Å². The lowest BCUT2D eigenvalue weighted by Crippen LogP contribution is -2.45. The molecule has 1 saturated carbocycles. The first kappa shape index (κ1) is 37.0. The zero-order valence-electron chi connectivity index (χ0n) is 27.1. The largest absolute Gasteiger partial charge is 0.467 e. The van der Waals surface area contributed by atoms with Crippen LogP contribution in [-0.2, 0) is 41.6 Å². The predicted octanol–water partition coefficient (Wildman–Crippen LogP) is 5.82. The number of hydrogen-bond donors (Lipinski definition) is 3. The molecule has 47 heavy (non-hydrogen) atoms. The number of nitrogens with one attached hydrogen (secondary N) is 3. The number of allylic oxidation sites excluding steroid dienone is 4. The van der Waals surface area contributed by atoms with Gasteiger partial charge in [-0.3, -0.25) is 14.4 Å². The summed E-state index contributed by atoms with van der Waals surface area (Å²) in [5, 5.41) is 8.99. The Morgan fingerprint density at radius 1 is 0.979 bits per heavy atom. The van der Waals surface area contributed by atoms with E-state index in [2.05, 4.69) is 22.5 Å². The number of ether oxygens (including phenoxy) is 1. The Balaban J connectivity index is 1.70. The summed E-state index contributed by atoms with van der Waals surface area (Å²) in [6.45, 7) is 5.54. The van der Waals surface area contributed by atoms with Crippen LogP contribution in [0, 0.1) is 5.41 Å². The summed E-state index contributed by atoms with van der Waals surface area (Å²) >= 11 is 6.38. The van der Waals surface area contributed by atoms with E-state index in [0.29, 0.717) is 22.7 Å². The van der Waals surface area contributed by atoms with Crippen LogP contribution in [0.4, 0.5) is 5.69 Å². The van der Waals surface area contributed by atoms with E-state index in [1.165, 1.54) is 7.11 Å². The van der Waals surface area contributed by atoms with E-state index < -0.39 is 24.0 Å². The molecule has 250 valence electrons. The number of benzene rings is 2. The Morgan fingerprint density at radius 3 is 2.28 bits per heavy atom. The Morgan fingerprint density at radius 2 is 1.66 bits per heavy atom. The highest BCUT2D eigenvalue weighted by atomic mass is 35.5. The maximum Gasteiger partial charge on any atom is 0.328 e. The number of carbonyl (C=O) groups is 5. The molecular formula is C37H44ClN3O6. The van der Waals surface area contributed by atoms with E-state index in [-0.39, 0.29) is 42.9 Å². The highest BCUT2D eigenvalue weighted by Crippen LogP contribution is 2.43. The lowest BCUT2D eigenvalue weighted by atomic mass is 9.79. The number of rotatable bonds is 17. The molecule has 0 spiro atoms. The number of anilines is 1. The molecule has 0 bridgehead atoms. The quantitative estimate of drug-likeness (QED) is 0.111. The molecule has 3 amide bonds. The number of aldehydes is 1. The molecule has 0 radical (unpaired) electrons. The second kappa shape index (κ2) is 18.6. The monoisotopic (exact) mass is 661 g/mol. The van der Waals surface area contributed by atoms with E-state index >= 15 is 0 Å². The molecule has 3 rings (SSSR count). The van der Waals surface area contributed by atoms with Crippen molar-refractivity contribution in [2.75, 3.05) is 12.4 Å². The summed E-state index contributed by atoms with van der Waals surface area (Å²) in [6.07, 6.45) is 12.3. The van der Waals surface area contributed by atoms with Crippen LogP contribution in [-0.4, -0.2) is 49.2 Å². The van der Waals surface area contributed by atoms with E-state index in [4.69, 9.17) is 16.3 Å². The molecule has 1 aliphatic carbocycles. The third kappa shape index (κ3) is 11.7. The fraction of sp³-hybridized carbons (Fsp3) is 0.378. The van der Waals surface area contributed by atoms with Crippen molar-refractivity contribution < 1.29 is 28.7 Å². The van der Waals surface area contributed by atoms with Gasteiger partial charge in [-0.1, -0.05) is 85.7 Å². The van der Waals surface area contributed by atoms with Gasteiger partial charge in [0.2, 0.25) is 17.7 Å². The van der Waals surface area contributed by atoms with Crippen LogP contribution in [0.5, 0.6) is 0 Å². The molecule has 0 saturated heterocycles. The van der Waals surface area contributed by atoms with E-state index in [0.717, 1.165) is 43.1 Å². The van der Waals surface area contributed by atoms with Crippen LogP contribution in [0.3, 0.4) is 0 Å². The number of halogens is 1. The van der Waals surface area contributed by atoms with Gasteiger partial charge in [0.1, 0.15) is 18.4 Å². The minimum Gasteiger partial charge on any atom is -0.467 e. The van der Waals surface area contributed by atoms with Gasteiger partial charge in [0, 0.05) is 36.4 Å². The topological polar surface area (TPSA) is 131 Å². The van der Waals surface area contributed by atoms with Gasteiger partial charge in [-0.25, -0.2) is 4.79 Å². The number of amides is 3. The first-order valence-corrected chi connectivity index (χ1v) is 16.2. The molecule has 0 aromatic heterocycles. The first-order chi connectivity index (χ1) is 22.6. The molecule has 9 nitrogen and oxygen atoms in total. The third-order valence-corrected chi connectivity index (χ3v) is 8.68. The van der Waals surface area contributed by atoms with Gasteiger partial charge in [0.15, 0.2) is 0 Å². The van der Waals surface area contributed by atoms with Gasteiger partial charge in [-0.05, 0) is 60.1 Å². The normalized spacial score (nSPS) is 15.3. The van der Waals surface area contributed by atoms with Crippen molar-refractivity contribution in [1.82, 2.24) is 10.6 Å². The van der Waals surface area contributed by atoms with Crippen molar-refractivity contribution in [3.8, 4) is 0 Å². The van der Waals surface area contributed by atoms with Crippen molar-refractivity contribution in [2.24, 2.45) is 5.41 Å². The SMILES string of the molecule is C=C/C=C(\C=C/C)CC(=O)NC(Cc1ccccc1Cl)C(=O)Nc1ccc(CC(NC(=O)CC2(CC=O)CCCC2)C(=O)OC)cc1. The second-order valence-electron chi connectivity index (χ2n) is 11.9. The molecule has 2 aromatic rings. The zero-order chi connectivity index (χ0) is 34.2. The summed E-state index contributed by atoms with van der Waals surface area (Å²) in [6, 6.07) is 12.2. The second-order valence-corrected chi connectivity index (χ2v) is 12.3. The lowest BCUT2D eigenvalue weighted by molar-refractivity contribution is -0.145. The Kier molecular flexibility index (Phi) is 14.6. The van der Waals surface area contributed by atoms with E-state index in [1.807, 2.05) is 25.1 Å². The van der Waals surface area contributed by atoms with Crippen LogP contribution >= 0.6 is 11.6 Å². The maximum absolute atomic E-state index is 13.5. The molecule has 2 unspecified atom stereocenters. The fourth-order valence-corrected chi connectivity index (χ4v) is 6.14. The van der Waals surface area contributed by atoms with Crippen molar-refractivity contribution in [3.63, 3.8) is 0 Å². The fourth-order valence-electron chi connectivity index (χ4n) is 5.93. The number of esters is 1. The smallest absolute Gasteiger partial charge is 0.328 e. The maximum atomic E-state index is 13.5. The molecule has 2 aromatic carbocycles. The van der Waals surface area contributed by atoms with Crippen LogP contribution in [0.15, 0.2) is 85.0 Å². The predicted molar refractivity (Wildman–Crippen MR) is 184 cm³/mol. The van der Waals surface area contributed by atoms with Gasteiger partial charge in [-0.15, -0.1) is 0 Å². The van der Waals surface area contributed by atoms with Crippen LogP contribution in [0.2, 0.25) is 5.02 Å². The number of methoxy groups -OCH3 is 1. The van der Waals surface area contributed by atoms with Gasteiger partial charge in [0.25, 0.3) is 0 Å². The summed E-state index contributed by atoms with van der Waals surface area (Å²) in [7, 11) is 1.26. The molecule has 3 N–H and O–H groups in total. The molecule has 0 heterocycles. The molecule has 2 atom stereocenters. The minimum absolute atomic E-state index is 0.0628. The van der Waals surface area contributed by atoms with Gasteiger partial charge >= 0.3 is 5.97 Å². The van der Waals surface area contributed by atoms with E-state index in [9.17, 15) is 24.0 Å². The van der Waals surface area contributed by atoms with Crippen LogP contribution in [0.1, 0.15) is 63.0 Å². The van der Waals surface area contributed by atoms with Gasteiger partial charge < -0.3 is 25.5 Å². The average Bonchev–Trinajstić information content (AvgIpc) is 3.49. The summed E-state index contributed by atoms with van der Waals surface area (Å²) in [5.41, 5.74) is 2.31.